The van der Waals surface area contributed by atoms with Crippen LogP contribution in [-0.2, 0) is 11.3 Å². The van der Waals surface area contributed by atoms with E-state index in [1.807, 2.05) is 54.6 Å². The van der Waals surface area contributed by atoms with Crippen molar-refractivity contribution >= 4 is 17.3 Å². The van der Waals surface area contributed by atoms with Crippen LogP contribution in [-0.4, -0.2) is 33.8 Å². The predicted octanol–water partition coefficient (Wildman–Crippen LogP) is 4.15. The van der Waals surface area contributed by atoms with Gasteiger partial charge < -0.3 is 29.6 Å². The molecular weight excluding hydrogens is 396 g/mol. The first kappa shape index (κ1) is 21.8. The van der Waals surface area contributed by atoms with Gasteiger partial charge in [0, 0.05) is 17.9 Å². The summed E-state index contributed by atoms with van der Waals surface area (Å²) in [4.78, 5) is 12.2. The molecule has 0 heterocycles. The monoisotopic (exact) mass is 422 g/mol. The van der Waals surface area contributed by atoms with Crippen molar-refractivity contribution < 1.29 is 23.7 Å². The summed E-state index contributed by atoms with van der Waals surface area (Å²) < 4.78 is 21.5. The Bertz CT molecular complexity index is 966. The lowest BCUT2D eigenvalue weighted by atomic mass is 10.1. The molecule has 3 aromatic carbocycles. The molecule has 0 atom stereocenters. The van der Waals surface area contributed by atoms with Gasteiger partial charge in [0.05, 0.1) is 21.3 Å². The van der Waals surface area contributed by atoms with Gasteiger partial charge in [-0.15, -0.1) is 0 Å². The number of benzene rings is 3. The molecular formula is C24H26N2O5. The maximum Gasteiger partial charge on any atom is 0.258 e. The van der Waals surface area contributed by atoms with Crippen molar-refractivity contribution in [3.8, 4) is 23.0 Å². The number of methoxy groups -OCH3 is 3. The fourth-order valence-corrected chi connectivity index (χ4v) is 2.96. The van der Waals surface area contributed by atoms with Crippen LogP contribution in [0.25, 0.3) is 0 Å². The second kappa shape index (κ2) is 10.8. The van der Waals surface area contributed by atoms with Crippen molar-refractivity contribution in [3.63, 3.8) is 0 Å². The Balaban J connectivity index is 1.50. The van der Waals surface area contributed by atoms with Gasteiger partial charge in [-0.05, 0) is 54.1 Å². The Morgan fingerprint density at radius 3 is 2.00 bits per heavy atom. The standard InChI is InChI=1S/C24H26N2O5/c1-28-21-13-17(14-22(29-2)24(21)30-3)15-25-23(27)16-31-20-11-9-19(10-12-20)26-18-7-5-4-6-8-18/h4-14,26H,15-16H2,1-3H3,(H,25,27). The maximum absolute atomic E-state index is 12.2. The van der Waals surface area contributed by atoms with Crippen LogP contribution in [0, 0.1) is 0 Å². The van der Waals surface area contributed by atoms with Crippen LogP contribution in [0.1, 0.15) is 5.56 Å². The van der Waals surface area contributed by atoms with Crippen LogP contribution >= 0.6 is 0 Å². The molecule has 0 aliphatic rings. The molecule has 0 aromatic heterocycles. The van der Waals surface area contributed by atoms with Crippen LogP contribution in [0.5, 0.6) is 23.0 Å². The van der Waals surface area contributed by atoms with E-state index in [0.29, 0.717) is 29.5 Å². The smallest absolute Gasteiger partial charge is 0.258 e. The number of rotatable bonds is 10. The number of carbonyl (C=O) groups is 1. The van der Waals surface area contributed by atoms with E-state index in [1.165, 1.54) is 0 Å². The molecule has 162 valence electrons. The topological polar surface area (TPSA) is 78.1 Å². The number of hydrogen-bond donors (Lipinski definition) is 2. The maximum atomic E-state index is 12.2. The summed E-state index contributed by atoms with van der Waals surface area (Å²) in [5.41, 5.74) is 2.76. The molecule has 0 aliphatic heterocycles. The van der Waals surface area contributed by atoms with E-state index in [-0.39, 0.29) is 12.5 Å². The highest BCUT2D eigenvalue weighted by molar-refractivity contribution is 5.77. The van der Waals surface area contributed by atoms with Crippen molar-refractivity contribution in [3.05, 3.63) is 72.3 Å². The third kappa shape index (κ3) is 6.05. The van der Waals surface area contributed by atoms with Crippen LogP contribution in [0.3, 0.4) is 0 Å². The van der Waals surface area contributed by atoms with Crippen LogP contribution in [0.4, 0.5) is 11.4 Å². The summed E-state index contributed by atoms with van der Waals surface area (Å²) in [5, 5.41) is 6.12. The van der Waals surface area contributed by atoms with E-state index in [9.17, 15) is 4.79 Å². The minimum Gasteiger partial charge on any atom is -0.493 e. The molecule has 0 saturated carbocycles. The molecule has 3 rings (SSSR count). The highest BCUT2D eigenvalue weighted by Crippen LogP contribution is 2.38. The normalized spacial score (nSPS) is 10.2. The molecule has 1 amide bonds. The quantitative estimate of drug-likeness (QED) is 0.511. The van der Waals surface area contributed by atoms with Crippen molar-refractivity contribution in [1.82, 2.24) is 5.32 Å². The van der Waals surface area contributed by atoms with Crippen LogP contribution < -0.4 is 29.6 Å². The Morgan fingerprint density at radius 1 is 0.806 bits per heavy atom. The molecule has 7 nitrogen and oxygen atoms in total. The molecule has 0 unspecified atom stereocenters. The molecule has 3 aromatic rings. The second-order valence-corrected chi connectivity index (χ2v) is 6.61. The van der Waals surface area contributed by atoms with Gasteiger partial charge in [-0.2, -0.15) is 0 Å². The second-order valence-electron chi connectivity index (χ2n) is 6.61. The molecule has 0 saturated heterocycles. The highest BCUT2D eigenvalue weighted by atomic mass is 16.5. The Hall–Kier alpha value is -3.87. The number of anilines is 2. The summed E-state index contributed by atoms with van der Waals surface area (Å²) >= 11 is 0. The van der Waals surface area contributed by atoms with E-state index < -0.39 is 0 Å². The van der Waals surface area contributed by atoms with Gasteiger partial charge in [0.2, 0.25) is 5.75 Å². The number of nitrogens with one attached hydrogen (secondary N) is 2. The van der Waals surface area contributed by atoms with Crippen molar-refractivity contribution in [2.24, 2.45) is 0 Å². The summed E-state index contributed by atoms with van der Waals surface area (Å²) in [6, 6.07) is 20.9. The average Bonchev–Trinajstić information content (AvgIpc) is 2.82. The SMILES string of the molecule is COc1cc(CNC(=O)COc2ccc(Nc3ccccc3)cc2)cc(OC)c1OC. The highest BCUT2D eigenvalue weighted by Gasteiger charge is 2.13. The van der Waals surface area contributed by atoms with Gasteiger partial charge in [-0.3, -0.25) is 4.79 Å². The van der Waals surface area contributed by atoms with E-state index in [2.05, 4.69) is 10.6 Å². The molecule has 0 bridgehead atoms. The first-order chi connectivity index (χ1) is 15.1. The van der Waals surface area contributed by atoms with Gasteiger partial charge in [-0.25, -0.2) is 0 Å². The average molecular weight is 422 g/mol. The number of hydrogen-bond acceptors (Lipinski definition) is 6. The van der Waals surface area contributed by atoms with Gasteiger partial charge >= 0.3 is 0 Å². The van der Waals surface area contributed by atoms with Crippen molar-refractivity contribution in [1.29, 1.82) is 0 Å². The molecule has 31 heavy (non-hydrogen) atoms. The zero-order valence-electron chi connectivity index (χ0n) is 17.8. The van der Waals surface area contributed by atoms with Gasteiger partial charge in [0.1, 0.15) is 5.75 Å². The van der Waals surface area contributed by atoms with E-state index >= 15 is 0 Å². The Morgan fingerprint density at radius 2 is 1.42 bits per heavy atom. The Kier molecular flexibility index (Phi) is 7.59. The van der Waals surface area contributed by atoms with Crippen molar-refractivity contribution in [2.75, 3.05) is 33.3 Å². The van der Waals surface area contributed by atoms with E-state index in [0.717, 1.165) is 16.9 Å². The number of amides is 1. The molecule has 0 fully saturated rings. The molecule has 2 N–H and O–H groups in total. The Labute approximate surface area is 181 Å². The lowest BCUT2D eigenvalue weighted by Crippen LogP contribution is -2.28. The molecule has 0 radical (unpaired) electrons. The first-order valence-corrected chi connectivity index (χ1v) is 9.73. The third-order valence-electron chi connectivity index (χ3n) is 4.50. The minimum atomic E-state index is -0.236. The third-order valence-corrected chi connectivity index (χ3v) is 4.50. The minimum absolute atomic E-state index is 0.0874. The van der Waals surface area contributed by atoms with Crippen molar-refractivity contribution in [2.45, 2.75) is 6.54 Å². The predicted molar refractivity (Wildman–Crippen MR) is 120 cm³/mol. The zero-order chi connectivity index (χ0) is 22.1. The van der Waals surface area contributed by atoms with E-state index in [1.54, 1.807) is 33.5 Å². The van der Waals surface area contributed by atoms with Crippen LogP contribution in [0.15, 0.2) is 66.7 Å². The largest absolute Gasteiger partial charge is 0.493 e. The fourth-order valence-electron chi connectivity index (χ4n) is 2.96. The van der Waals surface area contributed by atoms with E-state index in [4.69, 9.17) is 18.9 Å². The lowest BCUT2D eigenvalue weighted by Gasteiger charge is -2.14. The summed E-state index contributed by atoms with van der Waals surface area (Å²) in [7, 11) is 4.64. The molecule has 7 heteroatoms. The summed E-state index contributed by atoms with van der Waals surface area (Å²) in [6.07, 6.45) is 0. The zero-order valence-corrected chi connectivity index (χ0v) is 17.8. The first-order valence-electron chi connectivity index (χ1n) is 9.73. The molecule has 0 spiro atoms. The number of carbonyl (C=O) groups excluding carboxylic acids is 1. The van der Waals surface area contributed by atoms with Gasteiger partial charge in [0.25, 0.3) is 5.91 Å². The lowest BCUT2D eigenvalue weighted by molar-refractivity contribution is -0.123. The fraction of sp³-hybridized carbons (Fsp3) is 0.208. The number of ether oxygens (including phenoxy) is 4. The van der Waals surface area contributed by atoms with Gasteiger partial charge in [0.15, 0.2) is 18.1 Å². The summed E-state index contributed by atoms with van der Waals surface area (Å²) in [6.45, 7) is 0.217. The van der Waals surface area contributed by atoms with Crippen LogP contribution in [0.2, 0.25) is 0 Å². The molecule has 0 aliphatic carbocycles. The number of para-hydroxylation sites is 1. The summed E-state index contributed by atoms with van der Waals surface area (Å²) in [5.74, 6) is 1.95. The van der Waals surface area contributed by atoms with Gasteiger partial charge in [-0.1, -0.05) is 18.2 Å².